The molecule has 2 aromatic carbocycles. The smallest absolute Gasteiger partial charge is 0.309 e. The fourth-order valence-electron chi connectivity index (χ4n) is 1.69. The maximum absolute atomic E-state index is 11.3. The lowest BCUT2D eigenvalue weighted by Gasteiger charge is -2.05. The van der Waals surface area contributed by atoms with Crippen molar-refractivity contribution in [3.63, 3.8) is 0 Å². The average Bonchev–Trinajstić information content (AvgIpc) is 2.29. The molecule has 0 bridgehead atoms. The minimum absolute atomic E-state index is 0.243. The molecule has 0 saturated carbocycles. The Hall–Kier alpha value is -1.54. The Labute approximate surface area is 98.8 Å². The van der Waals surface area contributed by atoms with Gasteiger partial charge in [0.1, 0.15) is 0 Å². The summed E-state index contributed by atoms with van der Waals surface area (Å²) < 4.78 is 4.66. The molecule has 2 nitrogen and oxygen atoms in total. The summed E-state index contributed by atoms with van der Waals surface area (Å²) in [7, 11) is 1.39. The number of hydrogen-bond donors (Lipinski definition) is 0. The van der Waals surface area contributed by atoms with Crippen LogP contribution in [0.4, 0.5) is 0 Å². The monoisotopic (exact) mass is 234 g/mol. The minimum Gasteiger partial charge on any atom is -0.469 e. The van der Waals surface area contributed by atoms with Gasteiger partial charge in [0.05, 0.1) is 13.5 Å². The van der Waals surface area contributed by atoms with Crippen molar-refractivity contribution < 1.29 is 9.53 Å². The van der Waals surface area contributed by atoms with Gasteiger partial charge in [-0.15, -0.1) is 0 Å². The molecule has 0 aliphatic rings. The molecule has 0 heterocycles. The molecule has 0 aromatic heterocycles. The zero-order chi connectivity index (χ0) is 11.5. The van der Waals surface area contributed by atoms with Crippen molar-refractivity contribution in [3.05, 3.63) is 47.0 Å². The van der Waals surface area contributed by atoms with Crippen molar-refractivity contribution in [1.29, 1.82) is 0 Å². The third-order valence-corrected chi connectivity index (χ3v) is 2.73. The lowest BCUT2D eigenvalue weighted by Crippen LogP contribution is -2.04. The van der Waals surface area contributed by atoms with Gasteiger partial charge < -0.3 is 4.74 Å². The van der Waals surface area contributed by atoms with Crippen LogP contribution in [0.3, 0.4) is 0 Å². The standard InChI is InChI=1S/C13H11ClO2/c1-16-13(15)7-10-4-2-3-9-5-6-11(14)8-12(9)10/h2-6,8H,7H2,1H3. The zero-order valence-corrected chi connectivity index (χ0v) is 9.62. The van der Waals surface area contributed by atoms with Crippen LogP contribution < -0.4 is 0 Å². The largest absolute Gasteiger partial charge is 0.469 e. The number of carbonyl (C=O) groups is 1. The first-order valence-electron chi connectivity index (χ1n) is 4.94. The Kier molecular flexibility index (Phi) is 3.11. The molecule has 0 amide bonds. The second-order valence-electron chi connectivity index (χ2n) is 3.54. The first-order chi connectivity index (χ1) is 7.70. The molecule has 0 aliphatic heterocycles. The molecule has 0 unspecified atom stereocenters. The number of benzene rings is 2. The molecule has 82 valence electrons. The van der Waals surface area contributed by atoms with E-state index < -0.39 is 0 Å². The molecule has 0 N–H and O–H groups in total. The molecule has 0 aliphatic carbocycles. The fraction of sp³-hybridized carbons (Fsp3) is 0.154. The van der Waals surface area contributed by atoms with E-state index in [9.17, 15) is 4.79 Å². The summed E-state index contributed by atoms with van der Waals surface area (Å²) in [5.74, 6) is -0.243. The minimum atomic E-state index is -0.243. The number of carbonyl (C=O) groups excluding carboxylic acids is 1. The van der Waals surface area contributed by atoms with Crippen LogP contribution in [0.2, 0.25) is 5.02 Å². The molecule has 0 atom stereocenters. The highest BCUT2D eigenvalue weighted by molar-refractivity contribution is 6.31. The van der Waals surface area contributed by atoms with Crippen LogP contribution in [0.25, 0.3) is 10.8 Å². The molecule has 16 heavy (non-hydrogen) atoms. The maximum atomic E-state index is 11.3. The van der Waals surface area contributed by atoms with E-state index in [1.165, 1.54) is 7.11 Å². The zero-order valence-electron chi connectivity index (χ0n) is 8.87. The van der Waals surface area contributed by atoms with E-state index in [4.69, 9.17) is 11.6 Å². The average molecular weight is 235 g/mol. The molecule has 2 aromatic rings. The van der Waals surface area contributed by atoms with E-state index in [2.05, 4.69) is 4.74 Å². The van der Waals surface area contributed by atoms with Gasteiger partial charge in [-0.05, 0) is 28.5 Å². The Morgan fingerprint density at radius 3 is 2.88 bits per heavy atom. The highest BCUT2D eigenvalue weighted by atomic mass is 35.5. The SMILES string of the molecule is COC(=O)Cc1cccc2ccc(Cl)cc12. The normalized spacial score (nSPS) is 10.4. The predicted octanol–water partition coefficient (Wildman–Crippen LogP) is 3.21. The second-order valence-corrected chi connectivity index (χ2v) is 3.97. The Morgan fingerprint density at radius 2 is 2.12 bits per heavy atom. The van der Waals surface area contributed by atoms with Crippen LogP contribution in [-0.2, 0) is 16.0 Å². The molecular formula is C13H11ClO2. The Bertz CT molecular complexity index is 534. The van der Waals surface area contributed by atoms with Gasteiger partial charge in [0, 0.05) is 5.02 Å². The van der Waals surface area contributed by atoms with Crippen molar-refractivity contribution in [2.75, 3.05) is 7.11 Å². The molecular weight excluding hydrogens is 224 g/mol. The summed E-state index contributed by atoms with van der Waals surface area (Å²) in [6.45, 7) is 0. The van der Waals surface area contributed by atoms with Crippen molar-refractivity contribution in [1.82, 2.24) is 0 Å². The lowest BCUT2D eigenvalue weighted by atomic mass is 10.0. The van der Waals surface area contributed by atoms with Crippen LogP contribution >= 0.6 is 11.6 Å². The molecule has 2 rings (SSSR count). The molecule has 0 radical (unpaired) electrons. The van der Waals surface area contributed by atoms with Gasteiger partial charge in [0.15, 0.2) is 0 Å². The number of ether oxygens (including phenoxy) is 1. The second kappa shape index (κ2) is 4.54. The van der Waals surface area contributed by atoms with Gasteiger partial charge >= 0.3 is 5.97 Å². The summed E-state index contributed by atoms with van der Waals surface area (Å²) in [5, 5.41) is 2.75. The van der Waals surface area contributed by atoms with Crippen molar-refractivity contribution in [2.45, 2.75) is 6.42 Å². The van der Waals surface area contributed by atoms with Crippen molar-refractivity contribution in [3.8, 4) is 0 Å². The Morgan fingerprint density at radius 1 is 1.31 bits per heavy atom. The van der Waals surface area contributed by atoms with Crippen LogP contribution in [0, 0.1) is 0 Å². The van der Waals surface area contributed by atoms with Crippen molar-refractivity contribution in [2.24, 2.45) is 0 Å². The first-order valence-corrected chi connectivity index (χ1v) is 5.32. The van der Waals surface area contributed by atoms with Crippen molar-refractivity contribution >= 4 is 28.3 Å². The molecule has 0 spiro atoms. The number of fused-ring (bicyclic) bond motifs is 1. The third-order valence-electron chi connectivity index (χ3n) is 2.50. The maximum Gasteiger partial charge on any atom is 0.309 e. The van der Waals surface area contributed by atoms with E-state index in [0.29, 0.717) is 5.02 Å². The summed E-state index contributed by atoms with van der Waals surface area (Å²) in [4.78, 5) is 11.3. The molecule has 3 heteroatoms. The topological polar surface area (TPSA) is 26.3 Å². The van der Waals surface area contributed by atoms with E-state index in [-0.39, 0.29) is 12.4 Å². The fourth-order valence-corrected chi connectivity index (χ4v) is 1.86. The summed E-state index contributed by atoms with van der Waals surface area (Å²) >= 11 is 5.94. The summed E-state index contributed by atoms with van der Waals surface area (Å²) in [6.07, 6.45) is 0.272. The van der Waals surface area contributed by atoms with E-state index >= 15 is 0 Å². The number of methoxy groups -OCH3 is 1. The van der Waals surface area contributed by atoms with Crippen LogP contribution in [0.1, 0.15) is 5.56 Å². The number of esters is 1. The number of halogens is 1. The van der Waals surface area contributed by atoms with Crippen LogP contribution in [0.5, 0.6) is 0 Å². The lowest BCUT2D eigenvalue weighted by molar-refractivity contribution is -0.139. The Balaban J connectivity index is 2.52. The van der Waals surface area contributed by atoms with E-state index in [1.54, 1.807) is 0 Å². The summed E-state index contributed by atoms with van der Waals surface area (Å²) in [6, 6.07) is 11.5. The molecule has 0 fully saturated rings. The highest BCUT2D eigenvalue weighted by Crippen LogP contribution is 2.23. The number of rotatable bonds is 2. The van der Waals surface area contributed by atoms with Gasteiger partial charge in [0.2, 0.25) is 0 Å². The predicted molar refractivity (Wildman–Crippen MR) is 64.7 cm³/mol. The van der Waals surface area contributed by atoms with E-state index in [0.717, 1.165) is 16.3 Å². The van der Waals surface area contributed by atoms with E-state index in [1.807, 2.05) is 36.4 Å². The van der Waals surface area contributed by atoms with Gasteiger partial charge in [0.25, 0.3) is 0 Å². The van der Waals surface area contributed by atoms with Gasteiger partial charge in [-0.3, -0.25) is 4.79 Å². The third kappa shape index (κ3) is 2.17. The van der Waals surface area contributed by atoms with Crippen LogP contribution in [0.15, 0.2) is 36.4 Å². The molecule has 0 saturated heterocycles. The van der Waals surface area contributed by atoms with Gasteiger partial charge in [-0.2, -0.15) is 0 Å². The summed E-state index contributed by atoms with van der Waals surface area (Å²) in [5.41, 5.74) is 0.937. The number of hydrogen-bond acceptors (Lipinski definition) is 2. The van der Waals surface area contributed by atoms with Gasteiger partial charge in [-0.25, -0.2) is 0 Å². The quantitative estimate of drug-likeness (QED) is 0.746. The van der Waals surface area contributed by atoms with Gasteiger partial charge in [-0.1, -0.05) is 35.9 Å². The van der Waals surface area contributed by atoms with Crippen LogP contribution in [-0.4, -0.2) is 13.1 Å². The highest BCUT2D eigenvalue weighted by Gasteiger charge is 2.06. The first kappa shape index (κ1) is 11.0.